The van der Waals surface area contributed by atoms with E-state index in [0.29, 0.717) is 36.3 Å². The molecule has 2 atom stereocenters. The van der Waals surface area contributed by atoms with E-state index >= 15 is 0 Å². The molecule has 1 amide bonds. The Morgan fingerprint density at radius 3 is 2.87 bits per heavy atom. The second-order valence-corrected chi connectivity index (χ2v) is 6.56. The van der Waals surface area contributed by atoms with E-state index in [1.54, 1.807) is 6.07 Å². The number of fused-ring (bicyclic) bond motifs is 3. The average Bonchev–Trinajstić information content (AvgIpc) is 2.86. The lowest BCUT2D eigenvalue weighted by molar-refractivity contribution is 0.0743. The lowest BCUT2D eigenvalue weighted by Crippen LogP contribution is -2.41. The fourth-order valence-corrected chi connectivity index (χ4v) is 3.84. The third kappa shape index (κ3) is 2.45. The smallest absolute Gasteiger partial charge is 0.349 e. The van der Waals surface area contributed by atoms with Gasteiger partial charge in [-0.25, -0.2) is 4.79 Å². The number of rotatable bonds is 1. The minimum atomic E-state index is -0.534. The van der Waals surface area contributed by atoms with Gasteiger partial charge >= 0.3 is 5.63 Å². The third-order valence-electron chi connectivity index (χ3n) is 5.10. The van der Waals surface area contributed by atoms with E-state index < -0.39 is 5.63 Å². The first kappa shape index (κ1) is 14.5. The Bertz CT molecular complexity index is 827. The van der Waals surface area contributed by atoms with E-state index in [4.69, 9.17) is 4.42 Å². The molecule has 0 saturated carbocycles. The molecule has 1 aromatic carbocycles. The Balaban J connectivity index is 1.73. The molecule has 2 saturated heterocycles. The highest BCUT2D eigenvalue weighted by atomic mass is 16.4. The number of hydrogen-bond acceptors (Lipinski definition) is 4. The summed E-state index contributed by atoms with van der Waals surface area (Å²) in [5.41, 5.74) is 0.891. The van der Waals surface area contributed by atoms with Crippen molar-refractivity contribution in [1.82, 2.24) is 10.2 Å². The van der Waals surface area contributed by atoms with Gasteiger partial charge in [-0.3, -0.25) is 4.79 Å². The highest BCUT2D eigenvalue weighted by Gasteiger charge is 2.33. The van der Waals surface area contributed by atoms with Gasteiger partial charge in [0.2, 0.25) is 0 Å². The maximum Gasteiger partial charge on any atom is 0.349 e. The summed E-state index contributed by atoms with van der Waals surface area (Å²) >= 11 is 0. The van der Waals surface area contributed by atoms with Crippen molar-refractivity contribution >= 4 is 16.9 Å². The van der Waals surface area contributed by atoms with Gasteiger partial charge in [-0.2, -0.15) is 0 Å². The van der Waals surface area contributed by atoms with Crippen LogP contribution in [0.3, 0.4) is 0 Å². The Labute approximate surface area is 134 Å². The van der Waals surface area contributed by atoms with Crippen molar-refractivity contribution in [1.29, 1.82) is 0 Å². The molecule has 1 aromatic heterocycles. The van der Waals surface area contributed by atoms with E-state index in [1.807, 2.05) is 30.0 Å². The van der Waals surface area contributed by atoms with Crippen LogP contribution in [0.25, 0.3) is 11.0 Å². The molecule has 5 heteroatoms. The molecule has 1 N–H and O–H groups in total. The quantitative estimate of drug-likeness (QED) is 0.819. The molecule has 0 spiro atoms. The van der Waals surface area contributed by atoms with Crippen LogP contribution in [0.5, 0.6) is 0 Å². The summed E-state index contributed by atoms with van der Waals surface area (Å²) in [4.78, 5) is 27.1. The first-order valence-corrected chi connectivity index (χ1v) is 8.21. The standard InChI is InChI=1S/C18H20N2O3/c1-11-14-4-2-3-5-15(14)23-18(22)16(11)17(21)20-9-8-12-6-7-13(10-20)19-12/h2-5,12-13,19H,6-10H2,1H3. The van der Waals surface area contributed by atoms with Crippen molar-refractivity contribution in [2.75, 3.05) is 13.1 Å². The van der Waals surface area contributed by atoms with Gasteiger partial charge in [0.15, 0.2) is 0 Å². The predicted molar refractivity (Wildman–Crippen MR) is 87.7 cm³/mol. The summed E-state index contributed by atoms with van der Waals surface area (Å²) in [6.07, 6.45) is 3.23. The van der Waals surface area contributed by atoms with Crippen LogP contribution in [-0.4, -0.2) is 36.0 Å². The Hall–Kier alpha value is -2.14. The van der Waals surface area contributed by atoms with Crippen LogP contribution in [-0.2, 0) is 0 Å². The topological polar surface area (TPSA) is 62.6 Å². The second-order valence-electron chi connectivity index (χ2n) is 6.56. The van der Waals surface area contributed by atoms with Crippen molar-refractivity contribution in [3.05, 3.63) is 45.8 Å². The fourth-order valence-electron chi connectivity index (χ4n) is 3.84. The number of amides is 1. The van der Waals surface area contributed by atoms with Crippen LogP contribution in [0.1, 0.15) is 35.2 Å². The lowest BCUT2D eigenvalue weighted by Gasteiger charge is -2.24. The van der Waals surface area contributed by atoms with Gasteiger partial charge in [0.1, 0.15) is 11.1 Å². The van der Waals surface area contributed by atoms with Crippen LogP contribution in [0.2, 0.25) is 0 Å². The van der Waals surface area contributed by atoms with Crippen LogP contribution < -0.4 is 10.9 Å². The maximum atomic E-state index is 13.0. The summed E-state index contributed by atoms with van der Waals surface area (Å²) in [5, 5.41) is 4.38. The third-order valence-corrected chi connectivity index (χ3v) is 5.10. The van der Waals surface area contributed by atoms with Crippen LogP contribution >= 0.6 is 0 Å². The second kappa shape index (κ2) is 5.49. The monoisotopic (exact) mass is 312 g/mol. The molecule has 0 radical (unpaired) electrons. The molecule has 2 unspecified atom stereocenters. The number of nitrogens with one attached hydrogen (secondary N) is 1. The summed E-state index contributed by atoms with van der Waals surface area (Å²) in [5.74, 6) is -0.198. The molecule has 0 aliphatic carbocycles. The molecule has 2 fully saturated rings. The average molecular weight is 312 g/mol. The highest BCUT2D eigenvalue weighted by Crippen LogP contribution is 2.24. The van der Waals surface area contributed by atoms with E-state index in [-0.39, 0.29) is 11.5 Å². The summed E-state index contributed by atoms with van der Waals surface area (Å²) in [6.45, 7) is 3.19. The van der Waals surface area contributed by atoms with Crippen molar-refractivity contribution in [3.63, 3.8) is 0 Å². The van der Waals surface area contributed by atoms with E-state index in [0.717, 1.165) is 18.2 Å². The van der Waals surface area contributed by atoms with Gasteiger partial charge in [-0.1, -0.05) is 18.2 Å². The fraction of sp³-hybridized carbons (Fsp3) is 0.444. The Morgan fingerprint density at radius 1 is 1.22 bits per heavy atom. The predicted octanol–water partition coefficient (Wildman–Crippen LogP) is 2.07. The number of hydrogen-bond donors (Lipinski definition) is 1. The number of carbonyl (C=O) groups is 1. The van der Waals surface area contributed by atoms with E-state index in [1.165, 1.54) is 6.42 Å². The molecule has 23 heavy (non-hydrogen) atoms. The van der Waals surface area contributed by atoms with Gasteiger partial charge in [0, 0.05) is 30.6 Å². The molecule has 2 bridgehead atoms. The number of likely N-dealkylation sites (tertiary alicyclic amines) is 1. The molecule has 2 aromatic rings. The molecule has 5 nitrogen and oxygen atoms in total. The number of nitrogens with zero attached hydrogens (tertiary/aromatic N) is 1. The Kier molecular flexibility index (Phi) is 3.45. The Morgan fingerprint density at radius 2 is 2.00 bits per heavy atom. The number of aryl methyl sites for hydroxylation is 1. The van der Waals surface area contributed by atoms with Crippen LogP contribution in [0, 0.1) is 6.92 Å². The van der Waals surface area contributed by atoms with Crippen molar-refractivity contribution in [2.24, 2.45) is 0 Å². The minimum Gasteiger partial charge on any atom is -0.422 e. The zero-order valence-corrected chi connectivity index (χ0v) is 13.2. The molecular formula is C18H20N2O3. The van der Waals surface area contributed by atoms with Gasteiger partial charge in [0.05, 0.1) is 0 Å². The summed E-state index contributed by atoms with van der Waals surface area (Å²) < 4.78 is 5.36. The summed E-state index contributed by atoms with van der Waals surface area (Å²) in [6, 6.07) is 8.21. The van der Waals surface area contributed by atoms with Crippen molar-refractivity contribution < 1.29 is 9.21 Å². The van der Waals surface area contributed by atoms with Crippen LogP contribution in [0.15, 0.2) is 33.5 Å². The molecular weight excluding hydrogens is 292 g/mol. The van der Waals surface area contributed by atoms with Gasteiger partial charge in [-0.05, 0) is 37.8 Å². The highest BCUT2D eigenvalue weighted by molar-refractivity contribution is 5.99. The molecule has 120 valence electrons. The van der Waals surface area contributed by atoms with E-state index in [9.17, 15) is 9.59 Å². The molecule has 2 aliphatic rings. The maximum absolute atomic E-state index is 13.0. The number of carbonyl (C=O) groups excluding carboxylic acids is 1. The first-order valence-electron chi connectivity index (χ1n) is 8.21. The van der Waals surface area contributed by atoms with Gasteiger partial charge < -0.3 is 14.6 Å². The van der Waals surface area contributed by atoms with Crippen molar-refractivity contribution in [3.8, 4) is 0 Å². The first-order chi connectivity index (χ1) is 11.1. The molecule has 2 aliphatic heterocycles. The normalized spacial score (nSPS) is 24.0. The zero-order valence-electron chi connectivity index (χ0n) is 13.2. The zero-order chi connectivity index (χ0) is 16.0. The minimum absolute atomic E-state index is 0.182. The number of para-hydroxylation sites is 1. The number of benzene rings is 1. The van der Waals surface area contributed by atoms with Crippen LogP contribution in [0.4, 0.5) is 0 Å². The van der Waals surface area contributed by atoms with Gasteiger partial charge in [-0.15, -0.1) is 0 Å². The van der Waals surface area contributed by atoms with Crippen molar-refractivity contribution in [2.45, 2.75) is 38.3 Å². The van der Waals surface area contributed by atoms with E-state index in [2.05, 4.69) is 5.32 Å². The largest absolute Gasteiger partial charge is 0.422 e. The molecule has 3 heterocycles. The summed E-state index contributed by atoms with van der Waals surface area (Å²) in [7, 11) is 0. The van der Waals surface area contributed by atoms with Gasteiger partial charge in [0.25, 0.3) is 5.91 Å². The lowest BCUT2D eigenvalue weighted by atomic mass is 10.0. The molecule has 4 rings (SSSR count). The SMILES string of the molecule is Cc1c(C(=O)N2CCC3CCC(C2)N3)c(=O)oc2ccccc12.